The van der Waals surface area contributed by atoms with Crippen molar-refractivity contribution in [1.29, 1.82) is 0 Å². The summed E-state index contributed by atoms with van der Waals surface area (Å²) in [7, 11) is 0. The summed E-state index contributed by atoms with van der Waals surface area (Å²) in [4.78, 5) is 26.5. The lowest BCUT2D eigenvalue weighted by Crippen LogP contribution is -2.46. The van der Waals surface area contributed by atoms with Crippen LogP contribution in [0.1, 0.15) is 42.3 Å². The average molecular weight is 355 g/mol. The molecule has 0 aliphatic carbocycles. The van der Waals surface area contributed by atoms with Gasteiger partial charge in [0, 0.05) is 12.1 Å². The maximum Gasteiger partial charge on any atom is 0.338 e. The van der Waals surface area contributed by atoms with Gasteiger partial charge in [0.15, 0.2) is 6.61 Å². The second-order valence-corrected chi connectivity index (χ2v) is 7.21. The summed E-state index contributed by atoms with van der Waals surface area (Å²) in [6, 6.07) is 14.2. The first-order valence-corrected chi connectivity index (χ1v) is 8.49. The van der Waals surface area contributed by atoms with Crippen molar-refractivity contribution in [3.8, 4) is 5.75 Å². The van der Waals surface area contributed by atoms with Crippen LogP contribution in [0, 0.1) is 6.92 Å². The Kier molecular flexibility index (Phi) is 6.03. The van der Waals surface area contributed by atoms with Gasteiger partial charge in [0.2, 0.25) is 0 Å². The van der Waals surface area contributed by atoms with Gasteiger partial charge in [-0.15, -0.1) is 0 Å². The van der Waals surface area contributed by atoms with E-state index in [-0.39, 0.29) is 23.8 Å². The van der Waals surface area contributed by atoms with Crippen molar-refractivity contribution >= 4 is 11.9 Å². The molecule has 0 radical (unpaired) electrons. The van der Waals surface area contributed by atoms with Gasteiger partial charge >= 0.3 is 5.97 Å². The molecular weight excluding hydrogens is 330 g/mol. The van der Waals surface area contributed by atoms with Crippen LogP contribution in [0.2, 0.25) is 0 Å². The number of aryl methyl sites for hydroxylation is 1. The van der Waals surface area contributed by atoms with Crippen LogP contribution < -0.4 is 0 Å². The number of aromatic hydroxyl groups is 1. The van der Waals surface area contributed by atoms with Crippen LogP contribution in [0.3, 0.4) is 0 Å². The summed E-state index contributed by atoms with van der Waals surface area (Å²) in [6.45, 7) is 7.64. The van der Waals surface area contributed by atoms with E-state index in [4.69, 9.17) is 4.74 Å². The number of nitrogens with zero attached hydrogens (tertiary/aromatic N) is 1. The third kappa shape index (κ3) is 5.09. The molecule has 0 unspecified atom stereocenters. The predicted octanol–water partition coefficient (Wildman–Crippen LogP) is 3.68. The molecule has 0 aliphatic heterocycles. The fourth-order valence-corrected chi connectivity index (χ4v) is 2.49. The number of hydrogen-bond donors (Lipinski definition) is 1. The van der Waals surface area contributed by atoms with Gasteiger partial charge in [-0.25, -0.2) is 4.79 Å². The van der Waals surface area contributed by atoms with Crippen LogP contribution in [0.15, 0.2) is 48.5 Å². The SMILES string of the molecule is Cc1ccc(C(=O)OCC(=O)N(Cc2ccccc2)C(C)(C)C)cc1O. The van der Waals surface area contributed by atoms with E-state index < -0.39 is 11.5 Å². The molecule has 2 aromatic rings. The number of phenols is 1. The summed E-state index contributed by atoms with van der Waals surface area (Å²) in [5.41, 5.74) is 1.47. The third-order valence-corrected chi connectivity index (χ3v) is 4.07. The quantitative estimate of drug-likeness (QED) is 0.831. The molecule has 0 aliphatic rings. The van der Waals surface area contributed by atoms with E-state index >= 15 is 0 Å². The van der Waals surface area contributed by atoms with E-state index in [2.05, 4.69) is 0 Å². The van der Waals surface area contributed by atoms with Gasteiger partial charge < -0.3 is 14.7 Å². The highest BCUT2D eigenvalue weighted by molar-refractivity contribution is 5.91. The van der Waals surface area contributed by atoms with Crippen molar-refractivity contribution in [3.63, 3.8) is 0 Å². The molecule has 2 aromatic carbocycles. The number of amides is 1. The minimum absolute atomic E-state index is 0.0196. The molecule has 1 N–H and O–H groups in total. The Balaban J connectivity index is 2.04. The van der Waals surface area contributed by atoms with Gasteiger partial charge in [-0.05, 0) is 51.0 Å². The summed E-state index contributed by atoms with van der Waals surface area (Å²) in [6.07, 6.45) is 0. The monoisotopic (exact) mass is 355 g/mol. The van der Waals surface area contributed by atoms with E-state index in [0.29, 0.717) is 12.1 Å². The number of benzene rings is 2. The molecule has 26 heavy (non-hydrogen) atoms. The van der Waals surface area contributed by atoms with Gasteiger partial charge in [0.1, 0.15) is 5.75 Å². The van der Waals surface area contributed by atoms with Gasteiger partial charge in [-0.3, -0.25) is 4.79 Å². The second kappa shape index (κ2) is 8.04. The van der Waals surface area contributed by atoms with Crippen LogP contribution >= 0.6 is 0 Å². The van der Waals surface area contributed by atoms with Gasteiger partial charge in [0.25, 0.3) is 5.91 Å². The lowest BCUT2D eigenvalue weighted by molar-refractivity contribution is -0.140. The number of ether oxygens (including phenoxy) is 1. The van der Waals surface area contributed by atoms with Crippen LogP contribution in [0.5, 0.6) is 5.75 Å². The Bertz CT molecular complexity index is 778. The first-order chi connectivity index (χ1) is 12.2. The first kappa shape index (κ1) is 19.5. The van der Waals surface area contributed by atoms with Crippen LogP contribution in [0.25, 0.3) is 0 Å². The topological polar surface area (TPSA) is 66.8 Å². The molecule has 0 bridgehead atoms. The Morgan fingerprint density at radius 1 is 1.08 bits per heavy atom. The molecule has 5 nitrogen and oxygen atoms in total. The second-order valence-electron chi connectivity index (χ2n) is 7.21. The highest BCUT2D eigenvalue weighted by Gasteiger charge is 2.27. The van der Waals surface area contributed by atoms with Crippen LogP contribution in [-0.2, 0) is 16.1 Å². The predicted molar refractivity (Wildman–Crippen MR) is 99.9 cm³/mol. The zero-order valence-corrected chi connectivity index (χ0v) is 15.7. The molecule has 0 heterocycles. The van der Waals surface area contributed by atoms with Crippen molar-refractivity contribution in [3.05, 3.63) is 65.2 Å². The highest BCUT2D eigenvalue weighted by atomic mass is 16.5. The number of hydrogen-bond acceptors (Lipinski definition) is 4. The molecule has 0 aromatic heterocycles. The van der Waals surface area contributed by atoms with Gasteiger partial charge in [0.05, 0.1) is 5.56 Å². The molecule has 2 rings (SSSR count). The largest absolute Gasteiger partial charge is 0.508 e. The third-order valence-electron chi connectivity index (χ3n) is 4.07. The summed E-state index contributed by atoms with van der Waals surface area (Å²) in [5.74, 6) is -0.889. The van der Waals surface area contributed by atoms with Gasteiger partial charge in [-0.2, -0.15) is 0 Å². The standard InChI is InChI=1S/C21H25NO4/c1-15-10-11-17(12-18(15)23)20(25)26-14-19(24)22(21(2,3)4)13-16-8-6-5-7-9-16/h5-12,23H,13-14H2,1-4H3. The Hall–Kier alpha value is -2.82. The molecule has 0 saturated heterocycles. The van der Waals surface area contributed by atoms with Crippen molar-refractivity contribution in [2.45, 2.75) is 39.8 Å². The Labute approximate surface area is 154 Å². The molecule has 5 heteroatoms. The van der Waals surface area contributed by atoms with E-state index in [0.717, 1.165) is 5.56 Å². The molecule has 1 amide bonds. The van der Waals surface area contributed by atoms with Crippen molar-refractivity contribution in [2.24, 2.45) is 0 Å². The number of carbonyl (C=O) groups excluding carboxylic acids is 2. The van der Waals surface area contributed by atoms with Gasteiger partial charge in [-0.1, -0.05) is 36.4 Å². The number of rotatable bonds is 5. The maximum atomic E-state index is 12.7. The first-order valence-electron chi connectivity index (χ1n) is 8.49. The number of esters is 1. The zero-order valence-electron chi connectivity index (χ0n) is 15.7. The lowest BCUT2D eigenvalue weighted by Gasteiger charge is -2.35. The Morgan fingerprint density at radius 2 is 1.73 bits per heavy atom. The van der Waals surface area contributed by atoms with E-state index in [1.807, 2.05) is 51.1 Å². The summed E-state index contributed by atoms with van der Waals surface area (Å²) < 4.78 is 5.16. The van der Waals surface area contributed by atoms with E-state index in [1.165, 1.54) is 6.07 Å². The van der Waals surface area contributed by atoms with Crippen LogP contribution in [0.4, 0.5) is 0 Å². The fraction of sp³-hybridized carbons (Fsp3) is 0.333. The molecular formula is C21H25NO4. The average Bonchev–Trinajstić information content (AvgIpc) is 2.59. The van der Waals surface area contributed by atoms with Crippen molar-refractivity contribution in [2.75, 3.05) is 6.61 Å². The maximum absolute atomic E-state index is 12.7. The van der Waals surface area contributed by atoms with E-state index in [1.54, 1.807) is 24.0 Å². The van der Waals surface area contributed by atoms with Crippen molar-refractivity contribution in [1.82, 2.24) is 4.90 Å². The Morgan fingerprint density at radius 3 is 2.31 bits per heavy atom. The molecule has 138 valence electrons. The minimum atomic E-state index is -0.637. The number of carbonyl (C=O) groups is 2. The summed E-state index contributed by atoms with van der Waals surface area (Å²) in [5, 5.41) is 9.70. The van der Waals surface area contributed by atoms with E-state index in [9.17, 15) is 14.7 Å². The smallest absolute Gasteiger partial charge is 0.338 e. The molecule has 0 saturated carbocycles. The summed E-state index contributed by atoms with van der Waals surface area (Å²) >= 11 is 0. The highest BCUT2D eigenvalue weighted by Crippen LogP contribution is 2.20. The van der Waals surface area contributed by atoms with Crippen LogP contribution in [-0.4, -0.2) is 34.0 Å². The fourth-order valence-electron chi connectivity index (χ4n) is 2.49. The molecule has 0 atom stereocenters. The molecule has 0 spiro atoms. The molecule has 0 fully saturated rings. The van der Waals surface area contributed by atoms with Crippen molar-refractivity contribution < 1.29 is 19.4 Å². The normalized spacial score (nSPS) is 11.1. The number of phenolic OH excluding ortho intramolecular Hbond substituents is 1. The zero-order chi connectivity index (χ0) is 19.3. The minimum Gasteiger partial charge on any atom is -0.508 e. The lowest BCUT2D eigenvalue weighted by atomic mass is 10.0.